The van der Waals surface area contributed by atoms with E-state index in [4.69, 9.17) is 0 Å². The Kier molecular flexibility index (Phi) is 4.48. The summed E-state index contributed by atoms with van der Waals surface area (Å²) in [7, 11) is 0. The number of carbonyl (C=O) groups is 2. The van der Waals surface area contributed by atoms with Gasteiger partial charge in [0.15, 0.2) is 5.16 Å². The van der Waals surface area contributed by atoms with Crippen LogP contribution in [0, 0.1) is 0 Å². The number of rotatable bonds is 5. The van der Waals surface area contributed by atoms with Gasteiger partial charge >= 0.3 is 11.7 Å². The summed E-state index contributed by atoms with van der Waals surface area (Å²) in [5.74, 6) is -0.395. The van der Waals surface area contributed by atoms with E-state index in [1.54, 1.807) is 18.4 Å². The molecule has 0 unspecified atom stereocenters. The molecular weight excluding hydrogens is 282 g/mol. The van der Waals surface area contributed by atoms with Crippen LogP contribution in [0.1, 0.15) is 32.7 Å². The molecule has 1 fully saturated rings. The second-order valence-electron chi connectivity index (χ2n) is 4.88. The van der Waals surface area contributed by atoms with Crippen molar-refractivity contribution in [3.63, 3.8) is 0 Å². The van der Waals surface area contributed by atoms with Gasteiger partial charge in [-0.15, -0.1) is 5.10 Å². The second kappa shape index (κ2) is 6.12. The van der Waals surface area contributed by atoms with E-state index < -0.39 is 11.9 Å². The minimum atomic E-state index is -0.521. The fraction of sp³-hybridized carbons (Fsp3) is 0.636. The molecule has 1 saturated carbocycles. The van der Waals surface area contributed by atoms with Crippen LogP contribution in [-0.4, -0.2) is 38.5 Å². The molecule has 0 spiro atoms. The molecule has 0 atom stereocenters. The predicted molar refractivity (Wildman–Crippen MR) is 73.7 cm³/mol. The number of urea groups is 1. The number of amides is 3. The van der Waals surface area contributed by atoms with Crippen molar-refractivity contribution in [2.24, 2.45) is 0 Å². The third kappa shape index (κ3) is 3.86. The lowest BCUT2D eigenvalue weighted by Crippen LogP contribution is -2.43. The molecule has 1 aromatic heterocycles. The average Bonchev–Trinajstić information content (AvgIpc) is 3.10. The zero-order chi connectivity index (χ0) is 14.7. The summed E-state index contributed by atoms with van der Waals surface area (Å²) in [6, 6.07) is -0.370. The summed E-state index contributed by atoms with van der Waals surface area (Å²) in [4.78, 5) is 34.5. The fourth-order valence-corrected chi connectivity index (χ4v) is 2.45. The van der Waals surface area contributed by atoms with Crippen molar-refractivity contribution in [3.8, 4) is 0 Å². The number of thioether (sulfide) groups is 1. The van der Waals surface area contributed by atoms with Crippen LogP contribution in [0.15, 0.2) is 9.95 Å². The number of aromatic amines is 1. The summed E-state index contributed by atoms with van der Waals surface area (Å²) in [6.07, 6.45) is 1.91. The number of hydrogen-bond acceptors (Lipinski definition) is 5. The van der Waals surface area contributed by atoms with Gasteiger partial charge in [0, 0.05) is 12.1 Å². The Morgan fingerprint density at radius 1 is 1.50 bits per heavy atom. The molecular formula is C11H17N5O3S. The van der Waals surface area contributed by atoms with Gasteiger partial charge in [-0.3, -0.25) is 14.7 Å². The lowest BCUT2D eigenvalue weighted by Gasteiger charge is -2.08. The Balaban J connectivity index is 1.84. The molecule has 1 aliphatic carbocycles. The molecule has 0 aromatic carbocycles. The van der Waals surface area contributed by atoms with Gasteiger partial charge in [-0.1, -0.05) is 11.8 Å². The summed E-state index contributed by atoms with van der Waals surface area (Å²) >= 11 is 1.13. The molecule has 0 aliphatic heterocycles. The molecule has 3 amide bonds. The summed E-state index contributed by atoms with van der Waals surface area (Å²) in [5, 5.41) is 11.5. The Morgan fingerprint density at radius 3 is 2.80 bits per heavy atom. The highest BCUT2D eigenvalue weighted by atomic mass is 32.2. The van der Waals surface area contributed by atoms with E-state index in [2.05, 4.69) is 20.8 Å². The number of imide groups is 1. The van der Waals surface area contributed by atoms with Crippen LogP contribution >= 0.6 is 11.8 Å². The first-order chi connectivity index (χ1) is 9.47. The number of carbonyl (C=O) groups excluding carboxylic acids is 2. The molecule has 0 bridgehead atoms. The highest BCUT2D eigenvalue weighted by Crippen LogP contribution is 2.35. The number of aromatic nitrogens is 3. The van der Waals surface area contributed by atoms with Crippen molar-refractivity contribution >= 4 is 23.7 Å². The van der Waals surface area contributed by atoms with Crippen molar-refractivity contribution in [1.82, 2.24) is 25.4 Å². The highest BCUT2D eigenvalue weighted by molar-refractivity contribution is 7.99. The van der Waals surface area contributed by atoms with Crippen LogP contribution in [0.4, 0.5) is 4.79 Å². The molecule has 0 saturated heterocycles. The minimum Gasteiger partial charge on any atom is -0.336 e. The Labute approximate surface area is 119 Å². The van der Waals surface area contributed by atoms with Crippen LogP contribution in [0.3, 0.4) is 0 Å². The van der Waals surface area contributed by atoms with E-state index in [9.17, 15) is 14.4 Å². The van der Waals surface area contributed by atoms with Crippen molar-refractivity contribution in [2.75, 3.05) is 5.75 Å². The Bertz CT molecular complexity index is 561. The summed E-state index contributed by atoms with van der Waals surface area (Å²) in [5.41, 5.74) is -0.257. The molecule has 9 heteroatoms. The topological polar surface area (TPSA) is 109 Å². The lowest BCUT2D eigenvalue weighted by molar-refractivity contribution is -0.117. The zero-order valence-electron chi connectivity index (χ0n) is 11.3. The average molecular weight is 299 g/mol. The predicted octanol–water partition coefficient (Wildman–Crippen LogP) is 0.233. The summed E-state index contributed by atoms with van der Waals surface area (Å²) in [6.45, 7) is 3.60. The van der Waals surface area contributed by atoms with Crippen LogP contribution in [0.2, 0.25) is 0 Å². The van der Waals surface area contributed by atoms with Gasteiger partial charge in [0.1, 0.15) is 0 Å². The third-order valence-electron chi connectivity index (χ3n) is 2.59. The van der Waals surface area contributed by atoms with Gasteiger partial charge in [-0.2, -0.15) is 0 Å². The zero-order valence-corrected chi connectivity index (χ0v) is 12.1. The minimum absolute atomic E-state index is 0.0303. The molecule has 2 rings (SSSR count). The Hall–Kier alpha value is -1.77. The molecule has 1 aliphatic rings. The van der Waals surface area contributed by atoms with Crippen LogP contribution < -0.4 is 16.3 Å². The van der Waals surface area contributed by atoms with Crippen molar-refractivity contribution < 1.29 is 9.59 Å². The van der Waals surface area contributed by atoms with Gasteiger partial charge in [0.25, 0.3) is 0 Å². The van der Waals surface area contributed by atoms with E-state index >= 15 is 0 Å². The van der Waals surface area contributed by atoms with Crippen LogP contribution in [-0.2, 0) is 4.79 Å². The van der Waals surface area contributed by atoms with Gasteiger partial charge in [-0.25, -0.2) is 14.7 Å². The van der Waals surface area contributed by atoms with Crippen molar-refractivity contribution in [1.29, 1.82) is 0 Å². The van der Waals surface area contributed by atoms with Crippen molar-refractivity contribution in [2.45, 2.75) is 43.9 Å². The highest BCUT2D eigenvalue weighted by Gasteiger charge is 2.28. The van der Waals surface area contributed by atoms with E-state index in [1.807, 2.05) is 0 Å². The Morgan fingerprint density at radius 2 is 2.20 bits per heavy atom. The van der Waals surface area contributed by atoms with Gasteiger partial charge in [0.05, 0.1) is 5.75 Å². The van der Waals surface area contributed by atoms with E-state index in [-0.39, 0.29) is 23.5 Å². The quantitative estimate of drug-likeness (QED) is 0.674. The van der Waals surface area contributed by atoms with Gasteiger partial charge < -0.3 is 5.32 Å². The number of H-pyrrole nitrogens is 1. The first kappa shape index (κ1) is 14.6. The lowest BCUT2D eigenvalue weighted by atomic mass is 10.4. The van der Waals surface area contributed by atoms with Gasteiger partial charge in [0.2, 0.25) is 5.91 Å². The van der Waals surface area contributed by atoms with Gasteiger partial charge in [-0.05, 0) is 26.7 Å². The standard InChI is InChI=1S/C11H17N5O3S/c1-6(2)12-9(18)13-8(17)5-20-11-15-14-10(19)16(11)7-3-4-7/h6-7H,3-5H2,1-2H3,(H,14,19)(H2,12,13,17,18). The first-order valence-electron chi connectivity index (χ1n) is 6.37. The first-order valence-corrected chi connectivity index (χ1v) is 7.36. The smallest absolute Gasteiger partial charge is 0.336 e. The van der Waals surface area contributed by atoms with Crippen molar-refractivity contribution in [3.05, 3.63) is 10.5 Å². The summed E-state index contributed by atoms with van der Waals surface area (Å²) < 4.78 is 1.56. The maximum Gasteiger partial charge on any atom is 0.344 e. The molecule has 3 N–H and O–H groups in total. The van der Waals surface area contributed by atoms with Crippen LogP contribution in [0.25, 0.3) is 0 Å². The molecule has 1 aromatic rings. The second-order valence-corrected chi connectivity index (χ2v) is 5.82. The molecule has 20 heavy (non-hydrogen) atoms. The third-order valence-corrected chi connectivity index (χ3v) is 3.54. The maximum absolute atomic E-state index is 11.6. The van der Waals surface area contributed by atoms with E-state index in [0.717, 1.165) is 24.6 Å². The number of nitrogens with zero attached hydrogens (tertiary/aromatic N) is 2. The van der Waals surface area contributed by atoms with Crippen LogP contribution in [0.5, 0.6) is 0 Å². The fourth-order valence-electron chi connectivity index (χ4n) is 1.64. The number of nitrogens with one attached hydrogen (secondary N) is 3. The SMILES string of the molecule is CC(C)NC(=O)NC(=O)CSc1n[nH]c(=O)n1C1CC1. The van der Waals surface area contributed by atoms with E-state index in [0.29, 0.717) is 5.16 Å². The maximum atomic E-state index is 11.6. The molecule has 0 radical (unpaired) electrons. The monoisotopic (exact) mass is 299 g/mol. The molecule has 110 valence electrons. The number of hydrogen-bond donors (Lipinski definition) is 3. The van der Waals surface area contributed by atoms with E-state index in [1.165, 1.54) is 0 Å². The normalized spacial score (nSPS) is 14.3. The molecule has 1 heterocycles. The molecule has 8 nitrogen and oxygen atoms in total. The largest absolute Gasteiger partial charge is 0.344 e.